The number of benzene rings is 1. The van der Waals surface area contributed by atoms with Gasteiger partial charge in [-0.25, -0.2) is 4.79 Å². The Kier molecular flexibility index (Phi) is 5.85. The van der Waals surface area contributed by atoms with Gasteiger partial charge in [0.1, 0.15) is 12.5 Å². The number of esters is 1. The van der Waals surface area contributed by atoms with Crippen LogP contribution in [0.5, 0.6) is 0 Å². The fourth-order valence-corrected chi connectivity index (χ4v) is 2.75. The third kappa shape index (κ3) is 4.60. The number of carbonyl (C=O) groups excluding carboxylic acids is 2. The molecule has 0 radical (unpaired) electrons. The molecule has 1 aliphatic rings. The summed E-state index contributed by atoms with van der Waals surface area (Å²) in [5.41, 5.74) is 2.36. The van der Waals surface area contributed by atoms with Gasteiger partial charge in [-0.1, -0.05) is 51.6 Å². The van der Waals surface area contributed by atoms with Crippen molar-refractivity contribution in [3.05, 3.63) is 47.7 Å². The summed E-state index contributed by atoms with van der Waals surface area (Å²) in [7, 11) is 1.54. The van der Waals surface area contributed by atoms with Crippen LogP contribution in [-0.2, 0) is 19.7 Å². The van der Waals surface area contributed by atoms with E-state index in [1.54, 1.807) is 0 Å². The van der Waals surface area contributed by atoms with Crippen LogP contribution in [0, 0.1) is 5.92 Å². The average molecular weight is 346 g/mol. The van der Waals surface area contributed by atoms with Crippen molar-refractivity contribution in [2.75, 3.05) is 20.3 Å². The summed E-state index contributed by atoms with van der Waals surface area (Å²) in [4.78, 5) is 24.3. The van der Waals surface area contributed by atoms with Gasteiger partial charge in [-0.3, -0.25) is 4.79 Å². The van der Waals surface area contributed by atoms with Crippen molar-refractivity contribution in [3.8, 4) is 0 Å². The quantitative estimate of drug-likeness (QED) is 0.635. The summed E-state index contributed by atoms with van der Waals surface area (Å²) in [6.45, 7) is 10.7. The zero-order valence-electron chi connectivity index (χ0n) is 15.2. The number of methoxy groups -OCH3 is 1. The Labute approximate surface area is 148 Å². The number of ether oxygens (including phenoxy) is 2. The molecule has 1 aromatic carbocycles. The molecule has 2 amide bonds. The van der Waals surface area contributed by atoms with Crippen LogP contribution < -0.4 is 10.6 Å². The minimum Gasteiger partial charge on any atom is -0.463 e. The van der Waals surface area contributed by atoms with Gasteiger partial charge in [-0.15, -0.1) is 0 Å². The van der Waals surface area contributed by atoms with Gasteiger partial charge >= 0.3 is 12.0 Å². The van der Waals surface area contributed by atoms with Crippen LogP contribution in [0.2, 0.25) is 0 Å². The summed E-state index contributed by atoms with van der Waals surface area (Å²) in [5, 5.41) is 5.36. The smallest absolute Gasteiger partial charge is 0.319 e. The lowest BCUT2D eigenvalue weighted by atomic mass is 9.84. The predicted molar refractivity (Wildman–Crippen MR) is 95.0 cm³/mol. The average Bonchev–Trinajstić information content (AvgIpc) is 2.53. The molecule has 1 aliphatic heterocycles. The van der Waals surface area contributed by atoms with Gasteiger partial charge in [0.25, 0.3) is 0 Å². The van der Waals surface area contributed by atoms with Crippen molar-refractivity contribution in [2.24, 2.45) is 5.92 Å². The normalized spacial score (nSPS) is 20.6. The van der Waals surface area contributed by atoms with Crippen molar-refractivity contribution >= 4 is 12.0 Å². The Hall–Kier alpha value is -2.34. The maximum atomic E-state index is 12.5. The van der Waals surface area contributed by atoms with E-state index < -0.39 is 17.9 Å². The van der Waals surface area contributed by atoms with Gasteiger partial charge in [0.2, 0.25) is 0 Å². The first-order valence-corrected chi connectivity index (χ1v) is 8.26. The zero-order chi connectivity index (χ0) is 18.6. The molecule has 0 aromatic heterocycles. The van der Waals surface area contributed by atoms with Crippen LogP contribution in [0.15, 0.2) is 36.5 Å². The Bertz CT molecular complexity index is 646. The highest BCUT2D eigenvalue weighted by atomic mass is 16.6. The molecule has 0 spiro atoms. The fourth-order valence-electron chi connectivity index (χ4n) is 2.75. The minimum absolute atomic E-state index is 0.0258. The molecule has 1 aromatic rings. The van der Waals surface area contributed by atoms with Gasteiger partial charge < -0.3 is 20.1 Å². The number of rotatable bonds is 5. The van der Waals surface area contributed by atoms with Crippen LogP contribution in [0.25, 0.3) is 0 Å². The van der Waals surface area contributed by atoms with Crippen molar-refractivity contribution in [1.82, 2.24) is 10.6 Å². The Balaban J connectivity index is 2.25. The largest absolute Gasteiger partial charge is 0.463 e. The molecule has 2 rings (SSSR count). The number of carbonyl (C=O) groups is 2. The van der Waals surface area contributed by atoms with Gasteiger partial charge in [-0.2, -0.15) is 0 Å². The molecule has 0 saturated carbocycles. The number of amides is 2. The van der Waals surface area contributed by atoms with E-state index in [1.165, 1.54) is 12.7 Å². The standard InChI is InChI=1S/C19H26N2O4/c1-12-15(17(22)25-11-10-24-5)16(21-18(23)20-12)13-6-8-14(9-7-13)19(2,3)4/h6-9,15-16H,1,10-11H2,2-5H3,(H2,20,21,23)/t15-,16+/m1/s1. The molecule has 1 heterocycles. The summed E-state index contributed by atoms with van der Waals surface area (Å²) in [6, 6.07) is 6.99. The third-order valence-electron chi connectivity index (χ3n) is 4.19. The van der Waals surface area contributed by atoms with E-state index in [2.05, 4.69) is 38.0 Å². The second-order valence-corrected chi connectivity index (χ2v) is 7.11. The second kappa shape index (κ2) is 7.70. The minimum atomic E-state index is -0.699. The zero-order valence-corrected chi connectivity index (χ0v) is 15.2. The van der Waals surface area contributed by atoms with E-state index in [0.29, 0.717) is 12.3 Å². The van der Waals surface area contributed by atoms with Crippen LogP contribution in [0.1, 0.15) is 37.9 Å². The van der Waals surface area contributed by atoms with Crippen molar-refractivity contribution < 1.29 is 19.1 Å². The monoisotopic (exact) mass is 346 g/mol. The molecule has 2 atom stereocenters. The lowest BCUT2D eigenvalue weighted by molar-refractivity contribution is -0.149. The molecule has 0 bridgehead atoms. The Morgan fingerprint density at radius 2 is 1.84 bits per heavy atom. The highest BCUT2D eigenvalue weighted by Gasteiger charge is 2.38. The highest BCUT2D eigenvalue weighted by molar-refractivity contribution is 5.85. The van der Waals surface area contributed by atoms with Crippen molar-refractivity contribution in [2.45, 2.75) is 32.2 Å². The molecule has 25 heavy (non-hydrogen) atoms. The molecule has 6 heteroatoms. The van der Waals surface area contributed by atoms with Crippen molar-refractivity contribution in [3.63, 3.8) is 0 Å². The van der Waals surface area contributed by atoms with E-state index in [0.717, 1.165) is 5.56 Å². The van der Waals surface area contributed by atoms with Crippen molar-refractivity contribution in [1.29, 1.82) is 0 Å². The lowest BCUT2D eigenvalue weighted by Crippen LogP contribution is -2.51. The van der Waals surface area contributed by atoms with Gasteiger partial charge in [0, 0.05) is 12.8 Å². The van der Waals surface area contributed by atoms with Crippen LogP contribution in [0.4, 0.5) is 4.79 Å². The molecule has 136 valence electrons. The molecule has 1 fully saturated rings. The number of hydrogen-bond donors (Lipinski definition) is 2. The summed E-state index contributed by atoms with van der Waals surface area (Å²) in [6.07, 6.45) is 0. The van der Waals surface area contributed by atoms with E-state index in [4.69, 9.17) is 9.47 Å². The van der Waals surface area contributed by atoms with Crippen LogP contribution in [-0.4, -0.2) is 32.3 Å². The van der Waals surface area contributed by atoms with E-state index in [9.17, 15) is 9.59 Å². The first-order chi connectivity index (χ1) is 11.7. The van der Waals surface area contributed by atoms with E-state index in [-0.39, 0.29) is 18.1 Å². The van der Waals surface area contributed by atoms with Gasteiger partial charge in [0.05, 0.1) is 12.6 Å². The first-order valence-electron chi connectivity index (χ1n) is 8.26. The molecular formula is C19H26N2O4. The van der Waals surface area contributed by atoms with E-state index >= 15 is 0 Å². The Morgan fingerprint density at radius 1 is 1.20 bits per heavy atom. The topological polar surface area (TPSA) is 76.7 Å². The van der Waals surface area contributed by atoms with Gasteiger partial charge in [0.15, 0.2) is 0 Å². The maximum absolute atomic E-state index is 12.5. The molecule has 1 saturated heterocycles. The summed E-state index contributed by atoms with van der Waals surface area (Å²) >= 11 is 0. The second-order valence-electron chi connectivity index (χ2n) is 7.11. The lowest BCUT2D eigenvalue weighted by Gasteiger charge is -2.33. The fraction of sp³-hybridized carbons (Fsp3) is 0.474. The van der Waals surface area contributed by atoms with E-state index in [1.807, 2.05) is 24.3 Å². The third-order valence-corrected chi connectivity index (χ3v) is 4.19. The molecule has 0 unspecified atom stereocenters. The molecule has 2 N–H and O–H groups in total. The number of hydrogen-bond acceptors (Lipinski definition) is 4. The maximum Gasteiger partial charge on any atom is 0.319 e. The van der Waals surface area contributed by atoms with Crippen LogP contribution >= 0.6 is 0 Å². The summed E-state index contributed by atoms with van der Waals surface area (Å²) < 4.78 is 10.1. The SMILES string of the molecule is C=C1NC(=O)N[C@@H](c2ccc(C(C)(C)C)cc2)[C@@H]1C(=O)OCCOC. The molecule has 0 aliphatic carbocycles. The molecule has 6 nitrogen and oxygen atoms in total. The Morgan fingerprint density at radius 3 is 2.40 bits per heavy atom. The first kappa shape index (κ1) is 19.0. The summed E-state index contributed by atoms with van der Waals surface area (Å²) in [5.74, 6) is -1.14. The highest BCUT2D eigenvalue weighted by Crippen LogP contribution is 2.32. The number of nitrogens with one attached hydrogen (secondary N) is 2. The van der Waals surface area contributed by atoms with Gasteiger partial charge in [-0.05, 0) is 16.5 Å². The van der Waals surface area contributed by atoms with Crippen LogP contribution in [0.3, 0.4) is 0 Å². The molecular weight excluding hydrogens is 320 g/mol. The number of urea groups is 1. The predicted octanol–water partition coefficient (Wildman–Crippen LogP) is 2.66.